The van der Waals surface area contributed by atoms with Crippen LogP contribution in [0.1, 0.15) is 34.6 Å². The fourth-order valence-electron chi connectivity index (χ4n) is 0.243. The highest BCUT2D eigenvalue weighted by atomic mass is 32.2. The third-order valence-electron chi connectivity index (χ3n) is 0.797. The molecule has 0 aromatic rings. The number of rotatable bonds is 2. The zero-order valence-electron chi connectivity index (χ0n) is 7.64. The van der Waals surface area contributed by atoms with Gasteiger partial charge in [-0.05, 0) is 31.1 Å². The Hall–Kier alpha value is -0.170. The molecule has 0 aromatic carbocycles. The summed E-state index contributed by atoms with van der Waals surface area (Å²) in [6.45, 7) is 10.2. The van der Waals surface area contributed by atoms with E-state index in [4.69, 9.17) is 0 Å². The molecule has 0 aromatic heterocycles. The molecule has 1 heteroatoms. The van der Waals surface area contributed by atoms with Crippen molar-refractivity contribution in [3.63, 3.8) is 0 Å². The Morgan fingerprint density at radius 2 is 1.70 bits per heavy atom. The van der Waals surface area contributed by atoms with Crippen molar-refractivity contribution in [1.82, 2.24) is 0 Å². The van der Waals surface area contributed by atoms with Gasteiger partial charge in [0.2, 0.25) is 0 Å². The molecule has 60 valence electrons. The SMILES string of the molecule is C/C=C\S/C(C)=C\C.CC. The highest BCUT2D eigenvalue weighted by molar-refractivity contribution is 8.05. The summed E-state index contributed by atoms with van der Waals surface area (Å²) < 4.78 is 0. The highest BCUT2D eigenvalue weighted by Crippen LogP contribution is 2.14. The van der Waals surface area contributed by atoms with Crippen LogP contribution in [0.25, 0.3) is 0 Å². The topological polar surface area (TPSA) is 0 Å². The van der Waals surface area contributed by atoms with Crippen molar-refractivity contribution < 1.29 is 0 Å². The summed E-state index contributed by atoms with van der Waals surface area (Å²) in [6.07, 6.45) is 4.14. The van der Waals surface area contributed by atoms with Crippen molar-refractivity contribution in [2.75, 3.05) is 0 Å². The van der Waals surface area contributed by atoms with Crippen LogP contribution in [0.3, 0.4) is 0 Å². The molecular formula is C9H18S. The predicted molar refractivity (Wildman–Crippen MR) is 53.2 cm³/mol. The summed E-state index contributed by atoms with van der Waals surface area (Å²) in [5.41, 5.74) is 0. The Kier molecular flexibility index (Phi) is 14.5. The molecule has 0 unspecified atom stereocenters. The minimum Gasteiger partial charge on any atom is -0.104 e. The third kappa shape index (κ3) is 10.7. The van der Waals surface area contributed by atoms with Crippen molar-refractivity contribution >= 4 is 11.8 Å². The molecule has 0 aliphatic rings. The fraction of sp³-hybridized carbons (Fsp3) is 0.556. The van der Waals surface area contributed by atoms with Gasteiger partial charge in [-0.1, -0.05) is 26.0 Å². The molecule has 0 spiro atoms. The first kappa shape index (κ1) is 12.5. The molecule has 0 nitrogen and oxygen atoms in total. The van der Waals surface area contributed by atoms with Gasteiger partial charge < -0.3 is 0 Å². The molecule has 0 atom stereocenters. The lowest BCUT2D eigenvalue weighted by Gasteiger charge is -1.88. The molecule has 0 saturated heterocycles. The van der Waals surface area contributed by atoms with E-state index in [1.807, 2.05) is 33.8 Å². The summed E-state index contributed by atoms with van der Waals surface area (Å²) in [4.78, 5) is 1.35. The van der Waals surface area contributed by atoms with Crippen molar-refractivity contribution in [2.45, 2.75) is 34.6 Å². The maximum absolute atomic E-state index is 2.10. The van der Waals surface area contributed by atoms with Gasteiger partial charge in [0, 0.05) is 0 Å². The Morgan fingerprint density at radius 3 is 2.00 bits per heavy atom. The van der Waals surface area contributed by atoms with E-state index in [0.717, 1.165) is 0 Å². The van der Waals surface area contributed by atoms with Gasteiger partial charge in [-0.2, -0.15) is 0 Å². The van der Waals surface area contributed by atoms with Crippen molar-refractivity contribution in [3.8, 4) is 0 Å². The fourth-order valence-corrected chi connectivity index (χ4v) is 0.730. The molecule has 0 aliphatic heterocycles. The first-order valence-corrected chi connectivity index (χ1v) is 4.60. The first-order chi connectivity index (χ1) is 4.81. The monoisotopic (exact) mass is 158 g/mol. The van der Waals surface area contributed by atoms with Crippen LogP contribution < -0.4 is 0 Å². The van der Waals surface area contributed by atoms with E-state index in [2.05, 4.69) is 18.4 Å². The minimum absolute atomic E-state index is 1.35. The lowest BCUT2D eigenvalue weighted by atomic mass is 10.6. The largest absolute Gasteiger partial charge is 0.104 e. The van der Waals surface area contributed by atoms with E-state index >= 15 is 0 Å². The lowest BCUT2D eigenvalue weighted by molar-refractivity contribution is 1.50. The van der Waals surface area contributed by atoms with Crippen LogP contribution in [0.5, 0.6) is 0 Å². The van der Waals surface area contributed by atoms with Crippen LogP contribution in [0, 0.1) is 0 Å². The van der Waals surface area contributed by atoms with Crippen molar-refractivity contribution in [1.29, 1.82) is 0 Å². The van der Waals surface area contributed by atoms with Crippen LogP contribution in [0.15, 0.2) is 22.5 Å². The average molecular weight is 158 g/mol. The molecule has 0 radical (unpaired) electrons. The number of hydrogen-bond acceptors (Lipinski definition) is 1. The maximum atomic E-state index is 2.10. The summed E-state index contributed by atoms with van der Waals surface area (Å²) in [7, 11) is 0. The van der Waals surface area contributed by atoms with Gasteiger partial charge in [0.15, 0.2) is 0 Å². The van der Waals surface area contributed by atoms with Crippen molar-refractivity contribution in [2.24, 2.45) is 0 Å². The molecule has 0 heterocycles. The average Bonchev–Trinajstić information content (AvgIpc) is 2.04. The molecule has 0 amide bonds. The Labute approximate surface area is 69.4 Å². The van der Waals surface area contributed by atoms with Gasteiger partial charge in [-0.25, -0.2) is 0 Å². The maximum Gasteiger partial charge on any atom is -0.0182 e. The van der Waals surface area contributed by atoms with E-state index < -0.39 is 0 Å². The van der Waals surface area contributed by atoms with Gasteiger partial charge in [0.1, 0.15) is 0 Å². The van der Waals surface area contributed by atoms with Crippen LogP contribution in [-0.2, 0) is 0 Å². The Morgan fingerprint density at radius 1 is 1.20 bits per heavy atom. The molecule has 0 bridgehead atoms. The van der Waals surface area contributed by atoms with E-state index in [1.54, 1.807) is 11.8 Å². The second-order valence-electron chi connectivity index (χ2n) is 1.49. The summed E-state index contributed by atoms with van der Waals surface area (Å²) >= 11 is 1.76. The predicted octanol–water partition coefficient (Wildman–Crippen LogP) is 4.20. The molecule has 0 rings (SSSR count). The molecular weight excluding hydrogens is 140 g/mol. The van der Waals surface area contributed by atoms with E-state index in [0.29, 0.717) is 0 Å². The quantitative estimate of drug-likeness (QED) is 0.580. The van der Waals surface area contributed by atoms with E-state index in [1.165, 1.54) is 4.91 Å². The number of allylic oxidation sites excluding steroid dienone is 3. The van der Waals surface area contributed by atoms with E-state index in [9.17, 15) is 0 Å². The third-order valence-corrected chi connectivity index (χ3v) is 1.81. The second-order valence-corrected chi connectivity index (χ2v) is 2.64. The van der Waals surface area contributed by atoms with Gasteiger partial charge in [-0.3, -0.25) is 0 Å². The van der Waals surface area contributed by atoms with E-state index in [-0.39, 0.29) is 0 Å². The van der Waals surface area contributed by atoms with Crippen LogP contribution in [-0.4, -0.2) is 0 Å². The van der Waals surface area contributed by atoms with Crippen LogP contribution in [0.4, 0.5) is 0 Å². The van der Waals surface area contributed by atoms with Gasteiger partial charge in [0.05, 0.1) is 0 Å². The molecule has 0 saturated carbocycles. The Bertz CT molecular complexity index is 101. The van der Waals surface area contributed by atoms with Gasteiger partial charge in [0.25, 0.3) is 0 Å². The molecule has 0 fully saturated rings. The van der Waals surface area contributed by atoms with Crippen LogP contribution in [0.2, 0.25) is 0 Å². The Balaban J connectivity index is 0. The van der Waals surface area contributed by atoms with Crippen LogP contribution >= 0.6 is 11.8 Å². The zero-order chi connectivity index (χ0) is 8.41. The van der Waals surface area contributed by atoms with Gasteiger partial charge in [-0.15, -0.1) is 11.8 Å². The molecule has 10 heavy (non-hydrogen) atoms. The number of hydrogen-bond donors (Lipinski definition) is 0. The van der Waals surface area contributed by atoms with Gasteiger partial charge >= 0.3 is 0 Å². The van der Waals surface area contributed by atoms with Crippen molar-refractivity contribution in [3.05, 3.63) is 22.5 Å². The number of thioether (sulfide) groups is 1. The summed E-state index contributed by atoms with van der Waals surface area (Å²) in [5, 5.41) is 2.08. The molecule has 0 aliphatic carbocycles. The summed E-state index contributed by atoms with van der Waals surface area (Å²) in [6, 6.07) is 0. The lowest BCUT2D eigenvalue weighted by Crippen LogP contribution is -1.57. The minimum atomic E-state index is 1.35. The standard InChI is InChI=1S/C7H12S.C2H6/c1-4-6-8-7(3)5-2;1-2/h4-6H,1-3H3;1-2H3/b6-4-,7-5-;. The normalized spacial score (nSPS) is 11.1. The summed E-state index contributed by atoms with van der Waals surface area (Å²) in [5.74, 6) is 0. The highest BCUT2D eigenvalue weighted by Gasteiger charge is 1.78. The smallest absolute Gasteiger partial charge is 0.0182 e. The zero-order valence-corrected chi connectivity index (χ0v) is 8.46. The second kappa shape index (κ2) is 11.6. The first-order valence-electron chi connectivity index (χ1n) is 3.72. The molecule has 0 N–H and O–H groups in total.